The monoisotopic (exact) mass is 308 g/mol. The minimum atomic E-state index is -0.966. The number of amides is 1. The zero-order chi connectivity index (χ0) is 14.3. The normalized spacial score (nSPS) is 11.4. The summed E-state index contributed by atoms with van der Waals surface area (Å²) in [6.45, 7) is 2.37. The number of carbonyl (C=O) groups excluding carboxylic acids is 1. The van der Waals surface area contributed by atoms with Crippen LogP contribution < -0.4 is 15.8 Å². The molecule has 3 N–H and O–H groups in total. The first-order valence-electron chi connectivity index (χ1n) is 6.15. The van der Waals surface area contributed by atoms with Gasteiger partial charge in [-0.2, -0.15) is 0 Å². The molecule has 0 radical (unpaired) electrons. The van der Waals surface area contributed by atoms with Crippen LogP contribution in [0.15, 0.2) is 18.2 Å². The van der Waals surface area contributed by atoms with Gasteiger partial charge in [0.05, 0.1) is 12.6 Å². The summed E-state index contributed by atoms with van der Waals surface area (Å²) < 4.78 is 30.7. The highest BCUT2D eigenvalue weighted by molar-refractivity contribution is 5.85. The molecule has 20 heavy (non-hydrogen) atoms. The molecule has 114 valence electrons. The van der Waals surface area contributed by atoms with Crippen molar-refractivity contribution in [3.63, 3.8) is 0 Å². The molecular formula is C13H19ClF2N2O2. The van der Waals surface area contributed by atoms with E-state index in [1.165, 1.54) is 6.07 Å². The Kier molecular flexibility index (Phi) is 8.83. The quantitative estimate of drug-likeness (QED) is 0.757. The van der Waals surface area contributed by atoms with E-state index in [9.17, 15) is 13.6 Å². The van der Waals surface area contributed by atoms with Crippen molar-refractivity contribution in [3.05, 3.63) is 29.8 Å². The number of hydrogen-bond acceptors (Lipinski definition) is 3. The van der Waals surface area contributed by atoms with Gasteiger partial charge in [0.1, 0.15) is 12.4 Å². The van der Waals surface area contributed by atoms with Crippen molar-refractivity contribution >= 4 is 18.3 Å². The molecule has 0 aliphatic carbocycles. The Balaban J connectivity index is 0.00000361. The van der Waals surface area contributed by atoms with Crippen LogP contribution in [0.25, 0.3) is 0 Å². The van der Waals surface area contributed by atoms with E-state index < -0.39 is 17.7 Å². The van der Waals surface area contributed by atoms with Gasteiger partial charge >= 0.3 is 0 Å². The van der Waals surface area contributed by atoms with Crippen molar-refractivity contribution in [2.24, 2.45) is 5.73 Å². The number of benzene rings is 1. The van der Waals surface area contributed by atoms with Gasteiger partial charge in [-0.3, -0.25) is 4.79 Å². The highest BCUT2D eigenvalue weighted by Gasteiger charge is 2.11. The van der Waals surface area contributed by atoms with Crippen molar-refractivity contribution in [1.29, 1.82) is 0 Å². The van der Waals surface area contributed by atoms with E-state index in [-0.39, 0.29) is 37.2 Å². The van der Waals surface area contributed by atoms with Crippen LogP contribution in [0, 0.1) is 11.6 Å². The number of rotatable bonds is 7. The predicted molar refractivity (Wildman–Crippen MR) is 75.0 cm³/mol. The number of nitrogens with one attached hydrogen (secondary N) is 1. The molecule has 1 unspecified atom stereocenters. The molecule has 0 saturated carbocycles. The van der Waals surface area contributed by atoms with Crippen molar-refractivity contribution in [2.45, 2.75) is 25.8 Å². The molecule has 0 saturated heterocycles. The summed E-state index contributed by atoms with van der Waals surface area (Å²) >= 11 is 0. The second-order valence-electron chi connectivity index (χ2n) is 4.11. The second-order valence-corrected chi connectivity index (χ2v) is 4.11. The minimum absolute atomic E-state index is 0. The SMILES string of the molecule is CCCC(N)C(=O)NCCOc1ccc(F)c(F)c1.Cl. The molecule has 0 bridgehead atoms. The van der Waals surface area contributed by atoms with Crippen LogP contribution in [0.1, 0.15) is 19.8 Å². The lowest BCUT2D eigenvalue weighted by Gasteiger charge is -2.11. The Morgan fingerprint density at radius 1 is 1.40 bits per heavy atom. The van der Waals surface area contributed by atoms with Gasteiger partial charge in [-0.25, -0.2) is 8.78 Å². The first-order valence-corrected chi connectivity index (χ1v) is 6.15. The molecule has 4 nitrogen and oxygen atoms in total. The molecule has 0 aromatic heterocycles. The number of carbonyl (C=O) groups is 1. The summed E-state index contributed by atoms with van der Waals surface area (Å²) in [4.78, 5) is 11.4. The van der Waals surface area contributed by atoms with E-state index in [0.717, 1.165) is 18.6 Å². The van der Waals surface area contributed by atoms with E-state index in [1.54, 1.807) is 0 Å². The van der Waals surface area contributed by atoms with Crippen molar-refractivity contribution in [2.75, 3.05) is 13.2 Å². The van der Waals surface area contributed by atoms with E-state index in [0.29, 0.717) is 6.42 Å². The van der Waals surface area contributed by atoms with Gasteiger partial charge in [-0.15, -0.1) is 12.4 Å². The fourth-order valence-electron chi connectivity index (χ4n) is 1.48. The number of nitrogens with two attached hydrogens (primary N) is 1. The number of halogens is 3. The van der Waals surface area contributed by atoms with Gasteiger partial charge in [0.2, 0.25) is 5.91 Å². The van der Waals surface area contributed by atoms with Gasteiger partial charge in [0.15, 0.2) is 11.6 Å². The van der Waals surface area contributed by atoms with Crippen LogP contribution in [-0.4, -0.2) is 25.1 Å². The average Bonchev–Trinajstić information content (AvgIpc) is 2.38. The third-order valence-electron chi connectivity index (χ3n) is 2.50. The van der Waals surface area contributed by atoms with E-state index in [4.69, 9.17) is 10.5 Å². The molecule has 0 heterocycles. The van der Waals surface area contributed by atoms with Crippen molar-refractivity contribution in [1.82, 2.24) is 5.32 Å². The van der Waals surface area contributed by atoms with E-state index in [2.05, 4.69) is 5.32 Å². The van der Waals surface area contributed by atoms with Crippen LogP contribution in [0.5, 0.6) is 5.75 Å². The molecule has 0 spiro atoms. The zero-order valence-corrected chi connectivity index (χ0v) is 12.0. The lowest BCUT2D eigenvalue weighted by Crippen LogP contribution is -2.41. The molecule has 0 aliphatic rings. The van der Waals surface area contributed by atoms with Crippen LogP contribution in [0.2, 0.25) is 0 Å². The second kappa shape index (κ2) is 9.50. The Morgan fingerprint density at radius 3 is 2.70 bits per heavy atom. The maximum atomic E-state index is 12.9. The van der Waals surface area contributed by atoms with Crippen LogP contribution in [-0.2, 0) is 4.79 Å². The highest BCUT2D eigenvalue weighted by Crippen LogP contribution is 2.14. The highest BCUT2D eigenvalue weighted by atomic mass is 35.5. The average molecular weight is 309 g/mol. The van der Waals surface area contributed by atoms with E-state index >= 15 is 0 Å². The lowest BCUT2D eigenvalue weighted by molar-refractivity contribution is -0.122. The van der Waals surface area contributed by atoms with Crippen molar-refractivity contribution in [3.8, 4) is 5.75 Å². The van der Waals surface area contributed by atoms with Crippen LogP contribution in [0.4, 0.5) is 8.78 Å². The van der Waals surface area contributed by atoms with Gasteiger partial charge in [-0.1, -0.05) is 13.3 Å². The first-order chi connectivity index (χ1) is 9.04. The molecule has 0 aliphatic heterocycles. The Labute approximate surface area is 123 Å². The fraction of sp³-hybridized carbons (Fsp3) is 0.462. The summed E-state index contributed by atoms with van der Waals surface area (Å²) in [6, 6.07) is 2.75. The lowest BCUT2D eigenvalue weighted by atomic mass is 10.2. The standard InChI is InChI=1S/C13H18F2N2O2.ClH/c1-2-3-12(16)13(18)17-6-7-19-9-4-5-10(14)11(15)8-9;/h4-5,8,12H,2-3,6-7,16H2,1H3,(H,17,18);1H. The van der Waals surface area contributed by atoms with Gasteiger partial charge in [-0.05, 0) is 18.6 Å². The van der Waals surface area contributed by atoms with Gasteiger partial charge < -0.3 is 15.8 Å². The molecular weight excluding hydrogens is 290 g/mol. The van der Waals surface area contributed by atoms with Gasteiger partial charge in [0.25, 0.3) is 0 Å². The summed E-state index contributed by atoms with van der Waals surface area (Å²) in [7, 11) is 0. The predicted octanol–water partition coefficient (Wildman–Crippen LogP) is 2.01. The fourth-order valence-corrected chi connectivity index (χ4v) is 1.48. The Bertz CT molecular complexity index is 433. The summed E-state index contributed by atoms with van der Waals surface area (Å²) in [5, 5.41) is 2.61. The largest absolute Gasteiger partial charge is 0.492 e. The van der Waals surface area contributed by atoms with Crippen molar-refractivity contribution < 1.29 is 18.3 Å². The molecule has 1 amide bonds. The summed E-state index contributed by atoms with van der Waals surface area (Å²) in [5.41, 5.74) is 5.61. The minimum Gasteiger partial charge on any atom is -0.492 e. The van der Waals surface area contributed by atoms with Gasteiger partial charge in [0, 0.05) is 6.07 Å². The topological polar surface area (TPSA) is 64.4 Å². The molecule has 7 heteroatoms. The maximum absolute atomic E-state index is 12.9. The zero-order valence-electron chi connectivity index (χ0n) is 11.2. The maximum Gasteiger partial charge on any atom is 0.237 e. The molecule has 1 rings (SSSR count). The summed E-state index contributed by atoms with van der Waals surface area (Å²) in [5.74, 6) is -1.92. The number of ether oxygens (including phenoxy) is 1. The summed E-state index contributed by atoms with van der Waals surface area (Å²) in [6.07, 6.45) is 1.45. The van der Waals surface area contributed by atoms with Crippen LogP contribution >= 0.6 is 12.4 Å². The Morgan fingerprint density at radius 2 is 2.10 bits per heavy atom. The molecule has 1 atom stereocenters. The molecule has 0 fully saturated rings. The van der Waals surface area contributed by atoms with Crippen LogP contribution in [0.3, 0.4) is 0 Å². The first kappa shape index (κ1) is 18.6. The Hall–Kier alpha value is -1.40. The third-order valence-corrected chi connectivity index (χ3v) is 2.50. The molecule has 1 aromatic carbocycles. The smallest absolute Gasteiger partial charge is 0.237 e. The molecule has 1 aromatic rings. The number of hydrogen-bond donors (Lipinski definition) is 2. The third kappa shape index (κ3) is 6.16. The van der Waals surface area contributed by atoms with E-state index in [1.807, 2.05) is 6.92 Å².